The lowest BCUT2D eigenvalue weighted by atomic mass is 10.1. The van der Waals surface area contributed by atoms with Crippen molar-refractivity contribution in [3.8, 4) is 5.75 Å². The highest BCUT2D eigenvalue weighted by Gasteiger charge is 2.16. The molecule has 0 fully saturated rings. The fourth-order valence-corrected chi connectivity index (χ4v) is 2.89. The van der Waals surface area contributed by atoms with Crippen molar-refractivity contribution in [3.63, 3.8) is 0 Å². The minimum absolute atomic E-state index is 0.141. The molecule has 0 aromatic heterocycles. The molecule has 5 nitrogen and oxygen atoms in total. The average Bonchev–Trinajstić information content (AvgIpc) is 2.67. The first-order chi connectivity index (χ1) is 13.8. The second-order valence-electron chi connectivity index (χ2n) is 7.84. The van der Waals surface area contributed by atoms with Gasteiger partial charge in [-0.1, -0.05) is 31.2 Å². The third kappa shape index (κ3) is 8.16. The van der Waals surface area contributed by atoms with Crippen LogP contribution >= 0.6 is 0 Å². The van der Waals surface area contributed by atoms with Crippen LogP contribution in [0.2, 0.25) is 0 Å². The van der Waals surface area contributed by atoms with Crippen LogP contribution in [0.5, 0.6) is 5.75 Å². The van der Waals surface area contributed by atoms with E-state index in [-0.39, 0.29) is 6.10 Å². The lowest BCUT2D eigenvalue weighted by molar-refractivity contribution is 0.0597. The molecule has 0 aliphatic heterocycles. The van der Waals surface area contributed by atoms with Crippen molar-refractivity contribution in [1.29, 1.82) is 0 Å². The summed E-state index contributed by atoms with van der Waals surface area (Å²) in [5.41, 5.74) is 2.51. The number of hydrogen-bond donors (Lipinski definition) is 1. The van der Waals surface area contributed by atoms with E-state index < -0.39 is 11.7 Å². The summed E-state index contributed by atoms with van der Waals surface area (Å²) in [6.45, 7) is 10.9. The number of carbonyl (C=O) groups excluding carboxylic acids is 1. The second-order valence-corrected chi connectivity index (χ2v) is 7.84. The Morgan fingerprint density at radius 1 is 1.00 bits per heavy atom. The van der Waals surface area contributed by atoms with E-state index in [1.807, 2.05) is 64.1 Å². The minimum Gasteiger partial charge on any atom is -0.493 e. The van der Waals surface area contributed by atoms with E-state index in [2.05, 4.69) is 24.4 Å². The van der Waals surface area contributed by atoms with Crippen LogP contribution in [0.3, 0.4) is 0 Å². The molecule has 0 spiro atoms. The van der Waals surface area contributed by atoms with Gasteiger partial charge in [0.15, 0.2) is 0 Å². The van der Waals surface area contributed by atoms with Gasteiger partial charge in [-0.25, -0.2) is 4.79 Å². The fraction of sp³-hybridized carbons (Fsp3) is 0.458. The van der Waals surface area contributed by atoms with E-state index in [1.54, 1.807) is 0 Å². The molecule has 1 unspecified atom stereocenters. The average molecular weight is 400 g/mol. The molecule has 1 atom stereocenters. The van der Waals surface area contributed by atoms with Gasteiger partial charge < -0.3 is 14.2 Å². The first-order valence-corrected chi connectivity index (χ1v) is 10.2. The Kier molecular flexibility index (Phi) is 8.52. The summed E-state index contributed by atoms with van der Waals surface area (Å²) >= 11 is 0. The van der Waals surface area contributed by atoms with Gasteiger partial charge in [-0.15, -0.1) is 0 Å². The van der Waals surface area contributed by atoms with E-state index in [9.17, 15) is 4.79 Å². The summed E-state index contributed by atoms with van der Waals surface area (Å²) in [6.07, 6.45) is 1.42. The van der Waals surface area contributed by atoms with Crippen molar-refractivity contribution < 1.29 is 19.0 Å². The summed E-state index contributed by atoms with van der Waals surface area (Å²) in [4.78, 5) is 11.8. The molecule has 2 rings (SSSR count). The molecule has 0 saturated carbocycles. The highest BCUT2D eigenvalue weighted by atomic mass is 16.6. The maximum Gasteiger partial charge on any atom is 0.412 e. The van der Waals surface area contributed by atoms with Gasteiger partial charge in [-0.3, -0.25) is 5.32 Å². The van der Waals surface area contributed by atoms with Crippen LogP contribution in [-0.2, 0) is 15.9 Å². The summed E-state index contributed by atoms with van der Waals surface area (Å²) in [5, 5.41) is 2.73. The molecule has 2 aromatic carbocycles. The number of nitrogens with one attached hydrogen (secondary N) is 1. The van der Waals surface area contributed by atoms with E-state index >= 15 is 0 Å². The third-order valence-corrected chi connectivity index (χ3v) is 4.25. The lowest BCUT2D eigenvalue weighted by Gasteiger charge is -2.19. The number of carbonyl (C=O) groups is 1. The number of hydrogen-bond acceptors (Lipinski definition) is 4. The van der Waals surface area contributed by atoms with Crippen LogP contribution in [0.15, 0.2) is 48.5 Å². The Morgan fingerprint density at radius 2 is 1.66 bits per heavy atom. The van der Waals surface area contributed by atoms with Gasteiger partial charge in [-0.05, 0) is 69.5 Å². The van der Waals surface area contributed by atoms with Crippen molar-refractivity contribution in [2.45, 2.75) is 59.2 Å². The van der Waals surface area contributed by atoms with Gasteiger partial charge in [0.25, 0.3) is 0 Å². The molecule has 0 aliphatic carbocycles. The van der Waals surface area contributed by atoms with Crippen LogP contribution < -0.4 is 10.1 Å². The molecule has 0 bridgehead atoms. The lowest BCUT2D eigenvalue weighted by Crippen LogP contribution is -2.27. The van der Waals surface area contributed by atoms with Crippen molar-refractivity contribution >= 4 is 11.8 Å². The zero-order valence-electron chi connectivity index (χ0n) is 18.2. The number of rotatable bonds is 9. The van der Waals surface area contributed by atoms with Gasteiger partial charge in [0.05, 0.1) is 12.7 Å². The predicted molar refractivity (Wildman–Crippen MR) is 117 cm³/mol. The predicted octanol–water partition coefficient (Wildman–Crippen LogP) is 6.14. The van der Waals surface area contributed by atoms with E-state index in [0.29, 0.717) is 18.9 Å². The summed E-state index contributed by atoms with van der Waals surface area (Å²) in [6, 6.07) is 15.8. The Balaban J connectivity index is 1.79. The van der Waals surface area contributed by atoms with E-state index in [0.717, 1.165) is 24.2 Å². The highest BCUT2D eigenvalue weighted by Crippen LogP contribution is 2.23. The molecule has 0 saturated heterocycles. The van der Waals surface area contributed by atoms with Crippen molar-refractivity contribution in [1.82, 2.24) is 0 Å². The molecule has 1 amide bonds. The van der Waals surface area contributed by atoms with Gasteiger partial charge in [0.2, 0.25) is 0 Å². The first kappa shape index (κ1) is 22.8. The Morgan fingerprint density at radius 3 is 2.21 bits per heavy atom. The molecule has 0 aliphatic rings. The van der Waals surface area contributed by atoms with E-state index in [1.165, 1.54) is 5.56 Å². The Bertz CT molecular complexity index is 748. The molecule has 29 heavy (non-hydrogen) atoms. The smallest absolute Gasteiger partial charge is 0.412 e. The maximum atomic E-state index is 11.8. The van der Waals surface area contributed by atoms with Crippen molar-refractivity contribution in [2.24, 2.45) is 0 Å². The van der Waals surface area contributed by atoms with Crippen LogP contribution in [0.1, 0.15) is 58.3 Å². The number of amides is 1. The largest absolute Gasteiger partial charge is 0.493 e. The Labute approximate surface area is 174 Å². The first-order valence-electron chi connectivity index (χ1n) is 10.2. The number of anilines is 1. The molecule has 0 radical (unpaired) electrons. The van der Waals surface area contributed by atoms with Gasteiger partial charge in [0.1, 0.15) is 11.4 Å². The molecular weight excluding hydrogens is 366 g/mol. The maximum absolute atomic E-state index is 11.8. The van der Waals surface area contributed by atoms with Gasteiger partial charge in [-0.2, -0.15) is 0 Å². The fourth-order valence-electron chi connectivity index (χ4n) is 2.89. The van der Waals surface area contributed by atoms with Crippen LogP contribution in [-0.4, -0.2) is 24.9 Å². The number of ether oxygens (including phenoxy) is 3. The standard InChI is InChI=1S/C24H33NO4/c1-6-22(27-7-2)19-10-14-21(15-11-19)28-17-16-18-8-12-20(13-9-18)25-23(26)29-24(3,4)5/h8-15,22H,6-7,16-17H2,1-5H3,(H,25,26). The molecule has 1 N–H and O–H groups in total. The molecule has 158 valence electrons. The van der Waals surface area contributed by atoms with Gasteiger partial charge in [0, 0.05) is 18.7 Å². The Hall–Kier alpha value is -2.53. The topological polar surface area (TPSA) is 56.8 Å². The zero-order chi connectivity index (χ0) is 21.3. The molecule has 5 heteroatoms. The normalized spacial score (nSPS) is 12.3. The summed E-state index contributed by atoms with van der Waals surface area (Å²) in [5.74, 6) is 0.850. The van der Waals surface area contributed by atoms with Gasteiger partial charge >= 0.3 is 6.09 Å². The highest BCUT2D eigenvalue weighted by molar-refractivity contribution is 5.84. The zero-order valence-corrected chi connectivity index (χ0v) is 18.2. The second kappa shape index (κ2) is 10.9. The summed E-state index contributed by atoms with van der Waals surface area (Å²) < 4.78 is 16.8. The molecule has 2 aromatic rings. The SMILES string of the molecule is CCOC(CC)c1ccc(OCCc2ccc(NC(=O)OC(C)(C)C)cc2)cc1. The molecular formula is C24H33NO4. The quantitative estimate of drug-likeness (QED) is 0.550. The van der Waals surface area contributed by atoms with Crippen LogP contribution in [0.25, 0.3) is 0 Å². The van der Waals surface area contributed by atoms with Crippen molar-refractivity contribution in [3.05, 3.63) is 59.7 Å². The molecule has 0 heterocycles. The summed E-state index contributed by atoms with van der Waals surface area (Å²) in [7, 11) is 0. The number of benzene rings is 2. The van der Waals surface area contributed by atoms with Crippen LogP contribution in [0.4, 0.5) is 10.5 Å². The van der Waals surface area contributed by atoms with Crippen molar-refractivity contribution in [2.75, 3.05) is 18.5 Å². The third-order valence-electron chi connectivity index (χ3n) is 4.25. The van der Waals surface area contributed by atoms with Crippen LogP contribution in [0, 0.1) is 0 Å². The minimum atomic E-state index is -0.514. The monoisotopic (exact) mass is 399 g/mol. The van der Waals surface area contributed by atoms with E-state index in [4.69, 9.17) is 14.2 Å².